The minimum absolute atomic E-state index is 0.370. The van der Waals surface area contributed by atoms with Gasteiger partial charge in [0.2, 0.25) is 0 Å². The second-order valence-electron chi connectivity index (χ2n) is 3.97. The zero-order chi connectivity index (χ0) is 10.8. The van der Waals surface area contributed by atoms with Gasteiger partial charge in [0.05, 0.1) is 0 Å². The molecule has 6 nitrogen and oxygen atoms in total. The first kappa shape index (κ1) is 9.53. The minimum atomic E-state index is 0.370. The third-order valence-corrected chi connectivity index (χ3v) is 2.83. The lowest BCUT2D eigenvalue weighted by Crippen LogP contribution is -2.28. The number of aromatic amines is 1. The van der Waals surface area contributed by atoms with E-state index in [0.29, 0.717) is 11.8 Å². The van der Waals surface area contributed by atoms with Gasteiger partial charge >= 0.3 is 0 Å². The van der Waals surface area contributed by atoms with Crippen LogP contribution in [0.5, 0.6) is 0 Å². The van der Waals surface area contributed by atoms with E-state index in [1.165, 1.54) is 6.42 Å². The smallest absolute Gasteiger partial charge is 0.275 e. The Morgan fingerprint density at radius 1 is 1.44 bits per heavy atom. The first-order chi connectivity index (χ1) is 7.93. The zero-order valence-corrected chi connectivity index (χ0v) is 8.81. The van der Waals surface area contributed by atoms with Gasteiger partial charge in [0.15, 0.2) is 5.82 Å². The molecule has 0 spiro atoms. The first-order valence-corrected chi connectivity index (χ1v) is 5.47. The number of nitrogens with one attached hydrogen (secondary N) is 2. The Labute approximate surface area is 92.4 Å². The number of hydrogen-bond acceptors (Lipinski definition) is 5. The standard InChI is InChI=1S/C10H13N5O/c1-2-7(6-11-4-1)9-13-10(16-15-9)8-3-5-12-14-8/h3,5,7,11H,1-2,4,6H2,(H,12,14). The lowest BCUT2D eigenvalue weighted by molar-refractivity contribution is 0.392. The maximum atomic E-state index is 5.20. The van der Waals surface area contributed by atoms with Gasteiger partial charge in [0.25, 0.3) is 5.89 Å². The lowest BCUT2D eigenvalue weighted by atomic mass is 9.99. The summed E-state index contributed by atoms with van der Waals surface area (Å²) in [5.41, 5.74) is 0.766. The van der Waals surface area contributed by atoms with E-state index in [0.717, 1.165) is 31.0 Å². The Morgan fingerprint density at radius 3 is 3.19 bits per heavy atom. The van der Waals surface area contributed by atoms with Crippen LogP contribution >= 0.6 is 0 Å². The molecule has 0 radical (unpaired) electrons. The van der Waals surface area contributed by atoms with Crippen molar-refractivity contribution >= 4 is 0 Å². The van der Waals surface area contributed by atoms with E-state index in [9.17, 15) is 0 Å². The highest BCUT2D eigenvalue weighted by atomic mass is 16.5. The van der Waals surface area contributed by atoms with Gasteiger partial charge < -0.3 is 9.84 Å². The molecule has 2 aromatic rings. The predicted octanol–water partition coefficient (Wildman–Crippen LogP) is 0.927. The molecule has 0 amide bonds. The van der Waals surface area contributed by atoms with Crippen LogP contribution in [0, 0.1) is 0 Å². The summed E-state index contributed by atoms with van der Waals surface area (Å²) in [6.07, 6.45) is 3.95. The van der Waals surface area contributed by atoms with Gasteiger partial charge in [-0.15, -0.1) is 0 Å². The second-order valence-corrected chi connectivity index (χ2v) is 3.97. The molecule has 3 rings (SSSR count). The molecule has 2 aromatic heterocycles. The van der Waals surface area contributed by atoms with Gasteiger partial charge in [-0.05, 0) is 25.5 Å². The highest BCUT2D eigenvalue weighted by Gasteiger charge is 2.21. The van der Waals surface area contributed by atoms with Gasteiger partial charge in [-0.25, -0.2) is 0 Å². The van der Waals surface area contributed by atoms with E-state index < -0.39 is 0 Å². The molecule has 3 heterocycles. The minimum Gasteiger partial charge on any atom is -0.332 e. The van der Waals surface area contributed by atoms with Crippen molar-refractivity contribution in [3.63, 3.8) is 0 Å². The zero-order valence-electron chi connectivity index (χ0n) is 8.81. The Hall–Kier alpha value is -1.69. The summed E-state index contributed by atoms with van der Waals surface area (Å²) in [4.78, 5) is 4.39. The topological polar surface area (TPSA) is 79.6 Å². The molecule has 16 heavy (non-hydrogen) atoms. The van der Waals surface area contributed by atoms with Gasteiger partial charge in [0, 0.05) is 18.7 Å². The quantitative estimate of drug-likeness (QED) is 0.785. The third kappa shape index (κ3) is 1.71. The number of piperidine rings is 1. The van der Waals surface area contributed by atoms with Crippen molar-refractivity contribution in [2.24, 2.45) is 0 Å². The van der Waals surface area contributed by atoms with E-state index in [1.807, 2.05) is 6.07 Å². The Bertz CT molecular complexity index is 443. The number of nitrogens with zero attached hydrogens (tertiary/aromatic N) is 3. The maximum Gasteiger partial charge on any atom is 0.275 e. The molecular weight excluding hydrogens is 206 g/mol. The SMILES string of the molecule is c1cc(-c2nc(C3CCCNC3)no2)[nH]n1. The molecule has 1 fully saturated rings. The highest BCUT2D eigenvalue weighted by molar-refractivity contribution is 5.44. The fourth-order valence-electron chi connectivity index (χ4n) is 1.96. The molecule has 6 heteroatoms. The van der Waals surface area contributed by atoms with E-state index in [2.05, 4.69) is 25.7 Å². The molecule has 1 unspecified atom stereocenters. The molecular formula is C10H13N5O. The van der Waals surface area contributed by atoms with Crippen LogP contribution in [0.3, 0.4) is 0 Å². The largest absolute Gasteiger partial charge is 0.332 e. The number of H-pyrrole nitrogens is 1. The fourth-order valence-corrected chi connectivity index (χ4v) is 1.96. The van der Waals surface area contributed by atoms with E-state index in [4.69, 9.17) is 4.52 Å². The van der Waals surface area contributed by atoms with Crippen LogP contribution in [0.1, 0.15) is 24.6 Å². The third-order valence-electron chi connectivity index (χ3n) is 2.83. The summed E-state index contributed by atoms with van der Waals surface area (Å²) in [6, 6.07) is 1.82. The van der Waals surface area contributed by atoms with E-state index in [-0.39, 0.29) is 0 Å². The van der Waals surface area contributed by atoms with E-state index in [1.54, 1.807) is 6.20 Å². The molecule has 1 saturated heterocycles. The molecule has 0 bridgehead atoms. The molecule has 0 aliphatic carbocycles. The number of hydrogen-bond donors (Lipinski definition) is 2. The molecule has 2 N–H and O–H groups in total. The van der Waals surface area contributed by atoms with Crippen LogP contribution in [-0.2, 0) is 0 Å². The van der Waals surface area contributed by atoms with Crippen LogP contribution in [0.4, 0.5) is 0 Å². The fraction of sp³-hybridized carbons (Fsp3) is 0.500. The number of aromatic nitrogens is 4. The Balaban J connectivity index is 1.82. The predicted molar refractivity (Wildman–Crippen MR) is 56.7 cm³/mol. The summed E-state index contributed by atoms with van der Waals surface area (Å²) >= 11 is 0. The van der Waals surface area contributed by atoms with Gasteiger partial charge in [-0.3, -0.25) is 5.10 Å². The first-order valence-electron chi connectivity index (χ1n) is 5.47. The van der Waals surface area contributed by atoms with Crippen LogP contribution < -0.4 is 5.32 Å². The van der Waals surface area contributed by atoms with Crippen LogP contribution in [-0.4, -0.2) is 33.4 Å². The second kappa shape index (κ2) is 4.05. The summed E-state index contributed by atoms with van der Waals surface area (Å²) in [5, 5.41) is 14.0. The average molecular weight is 219 g/mol. The lowest BCUT2D eigenvalue weighted by Gasteiger charge is -2.19. The van der Waals surface area contributed by atoms with Crippen molar-refractivity contribution in [1.29, 1.82) is 0 Å². The Morgan fingerprint density at radius 2 is 2.44 bits per heavy atom. The maximum absolute atomic E-state index is 5.20. The van der Waals surface area contributed by atoms with Crippen LogP contribution in [0.25, 0.3) is 11.6 Å². The van der Waals surface area contributed by atoms with Crippen molar-refractivity contribution in [3.8, 4) is 11.6 Å². The molecule has 0 saturated carbocycles. The molecule has 84 valence electrons. The molecule has 0 aromatic carbocycles. The van der Waals surface area contributed by atoms with Crippen molar-refractivity contribution < 1.29 is 4.52 Å². The van der Waals surface area contributed by atoms with E-state index >= 15 is 0 Å². The molecule has 1 atom stereocenters. The summed E-state index contributed by atoms with van der Waals surface area (Å²) in [7, 11) is 0. The van der Waals surface area contributed by atoms with Gasteiger partial charge in [-0.2, -0.15) is 10.1 Å². The van der Waals surface area contributed by atoms with Crippen LogP contribution in [0.15, 0.2) is 16.8 Å². The number of rotatable bonds is 2. The van der Waals surface area contributed by atoms with Crippen molar-refractivity contribution in [3.05, 3.63) is 18.1 Å². The van der Waals surface area contributed by atoms with Crippen molar-refractivity contribution in [2.75, 3.05) is 13.1 Å². The van der Waals surface area contributed by atoms with Crippen molar-refractivity contribution in [1.82, 2.24) is 25.7 Å². The summed E-state index contributed by atoms with van der Waals surface area (Å²) in [5.74, 6) is 1.67. The highest BCUT2D eigenvalue weighted by Crippen LogP contribution is 2.22. The Kier molecular flexibility index (Phi) is 2.41. The van der Waals surface area contributed by atoms with Crippen molar-refractivity contribution in [2.45, 2.75) is 18.8 Å². The normalized spacial score (nSPS) is 21.1. The van der Waals surface area contributed by atoms with Crippen LogP contribution in [0.2, 0.25) is 0 Å². The van der Waals surface area contributed by atoms with Gasteiger partial charge in [-0.1, -0.05) is 5.16 Å². The average Bonchev–Trinajstić information content (AvgIpc) is 3.01. The molecule has 1 aliphatic rings. The summed E-state index contributed by atoms with van der Waals surface area (Å²) < 4.78 is 5.20. The monoisotopic (exact) mass is 219 g/mol. The molecule has 1 aliphatic heterocycles. The van der Waals surface area contributed by atoms with Gasteiger partial charge in [0.1, 0.15) is 5.69 Å². The summed E-state index contributed by atoms with van der Waals surface area (Å²) in [6.45, 7) is 2.02.